The number of hydrogen-bond donors (Lipinski definition) is 18. The minimum atomic E-state index is -1.48. The van der Waals surface area contributed by atoms with Gasteiger partial charge in [-0.15, -0.1) is 0 Å². The number of nitrogens with zero attached hydrogens (tertiary/aromatic N) is 6. The molecule has 0 fully saturated rings. The van der Waals surface area contributed by atoms with Crippen molar-refractivity contribution in [3.05, 3.63) is 100 Å². The molecule has 526 valence electrons. The number of primary amides is 1. The molecule has 28 N–H and O–H groups in total. The van der Waals surface area contributed by atoms with Crippen molar-refractivity contribution in [3.63, 3.8) is 0 Å². The molecular weight excluding hydrogens is 1280 g/mol. The van der Waals surface area contributed by atoms with E-state index in [9.17, 15) is 53.3 Å². The van der Waals surface area contributed by atoms with Crippen molar-refractivity contribution in [3.8, 4) is 0 Å². The van der Waals surface area contributed by atoms with Gasteiger partial charge in [0.2, 0.25) is 53.2 Å². The Kier molecular flexibility index (Phi) is 36.0. The smallest absolute Gasteiger partial charge is 0.302 e. The number of pyridine rings is 1. The predicted molar refractivity (Wildman–Crippen MR) is 367 cm³/mol. The molecule has 0 saturated carbocycles. The molecule has 96 heavy (non-hydrogen) atoms. The van der Waals surface area contributed by atoms with Crippen LogP contribution < -0.4 is 99.9 Å². The molecule has 3 rings (SSSR count). The summed E-state index contributed by atoms with van der Waals surface area (Å²) in [5.74, 6) is -8.76. The Morgan fingerprint density at radius 3 is 1.18 bits per heavy atom. The lowest BCUT2D eigenvalue weighted by molar-refractivity contribution is -0.388. The van der Waals surface area contributed by atoms with Crippen molar-refractivity contribution in [2.75, 3.05) is 31.9 Å². The Morgan fingerprint density at radius 2 is 0.812 bits per heavy atom. The molecule has 9 amide bonds. The first-order valence-corrected chi connectivity index (χ1v) is 33.0. The van der Waals surface area contributed by atoms with Crippen molar-refractivity contribution in [1.82, 2.24) is 47.5 Å². The van der Waals surface area contributed by atoms with Crippen LogP contribution in [0, 0.1) is 16.0 Å². The molecule has 0 aliphatic rings. The zero-order valence-corrected chi connectivity index (χ0v) is 55.5. The Balaban J connectivity index is 1.99. The van der Waals surface area contributed by atoms with Gasteiger partial charge in [0, 0.05) is 57.0 Å². The minimum Gasteiger partial charge on any atom is -0.370 e. The first-order chi connectivity index (χ1) is 45.5. The molecule has 9 atom stereocenters. The van der Waals surface area contributed by atoms with Gasteiger partial charge in [-0.3, -0.25) is 73.2 Å². The number of aromatic nitrogens is 1. The van der Waals surface area contributed by atoms with E-state index in [1.54, 1.807) is 60.7 Å². The second-order valence-corrected chi connectivity index (χ2v) is 24.8. The summed E-state index contributed by atoms with van der Waals surface area (Å²) in [5, 5.41) is 32.9. The number of benzene rings is 2. The molecule has 3 aromatic rings. The first kappa shape index (κ1) is 80.2. The third kappa shape index (κ3) is 31.7. The van der Waals surface area contributed by atoms with Crippen LogP contribution >= 0.6 is 21.6 Å². The maximum absolute atomic E-state index is 14.8. The Bertz CT molecular complexity index is 3170. The van der Waals surface area contributed by atoms with Gasteiger partial charge in [0.1, 0.15) is 48.3 Å². The van der Waals surface area contributed by atoms with Gasteiger partial charge in [-0.1, -0.05) is 85.3 Å². The van der Waals surface area contributed by atoms with Gasteiger partial charge < -0.3 is 99.9 Å². The van der Waals surface area contributed by atoms with Crippen molar-refractivity contribution in [2.45, 2.75) is 151 Å². The lowest BCUT2D eigenvalue weighted by atomic mass is 10.0. The molecule has 2 aromatic carbocycles. The molecule has 1 heterocycles. The summed E-state index contributed by atoms with van der Waals surface area (Å²) in [7, 11) is 1.85. The number of rotatable bonds is 44. The zero-order chi connectivity index (χ0) is 71.3. The van der Waals surface area contributed by atoms with Crippen molar-refractivity contribution in [1.29, 1.82) is 0 Å². The van der Waals surface area contributed by atoms with Gasteiger partial charge in [-0.05, 0) is 98.6 Å². The van der Waals surface area contributed by atoms with Crippen LogP contribution in [0.5, 0.6) is 0 Å². The van der Waals surface area contributed by atoms with Crippen LogP contribution in [0.1, 0.15) is 89.7 Å². The summed E-state index contributed by atoms with van der Waals surface area (Å²) >= 11 is 0. The van der Waals surface area contributed by atoms with Crippen molar-refractivity contribution < 1.29 is 48.1 Å². The zero-order valence-electron chi connectivity index (χ0n) is 53.9. The summed E-state index contributed by atoms with van der Waals surface area (Å²) in [4.78, 5) is 158. The van der Waals surface area contributed by atoms with Crippen LogP contribution in [0.4, 0.5) is 5.69 Å². The fourth-order valence-corrected chi connectivity index (χ4v) is 11.3. The third-order valence-corrected chi connectivity index (χ3v) is 16.2. The highest BCUT2D eigenvalue weighted by Crippen LogP contribution is 2.35. The fourth-order valence-electron chi connectivity index (χ4n) is 9.08. The normalized spacial score (nSPS) is 13.7. The Labute approximate surface area is 563 Å². The number of nitrogens with two attached hydrogens (primary N) is 10. The van der Waals surface area contributed by atoms with E-state index in [2.05, 4.69) is 67.5 Å². The second kappa shape index (κ2) is 43.0. The van der Waals surface area contributed by atoms with Gasteiger partial charge in [0.05, 0.1) is 11.0 Å². The van der Waals surface area contributed by atoms with Gasteiger partial charge >= 0.3 is 5.69 Å². The van der Waals surface area contributed by atoms with Gasteiger partial charge in [0.15, 0.2) is 28.9 Å². The summed E-state index contributed by atoms with van der Waals surface area (Å²) in [6.45, 7) is 5.13. The maximum atomic E-state index is 14.8. The quantitative estimate of drug-likeness (QED) is 0.00644. The number of carbonyl (C=O) groups excluding carboxylic acids is 9. The van der Waals surface area contributed by atoms with Crippen molar-refractivity contribution >= 4 is 104 Å². The van der Waals surface area contributed by atoms with E-state index in [1.165, 1.54) is 25.3 Å². The van der Waals surface area contributed by atoms with Crippen LogP contribution in [0.15, 0.2) is 104 Å². The summed E-state index contributed by atoms with van der Waals surface area (Å²) in [5.41, 5.74) is 57.3. The van der Waals surface area contributed by atoms with E-state index in [0.717, 1.165) is 21.6 Å². The van der Waals surface area contributed by atoms with E-state index in [0.29, 0.717) is 17.5 Å². The van der Waals surface area contributed by atoms with E-state index in [4.69, 9.17) is 57.3 Å². The Morgan fingerprint density at radius 1 is 0.469 bits per heavy atom. The summed E-state index contributed by atoms with van der Waals surface area (Å²) in [6, 6.07) is 7.51. The number of nitro groups is 1. The largest absolute Gasteiger partial charge is 0.370 e. The molecule has 1 aromatic heterocycles. The van der Waals surface area contributed by atoms with E-state index >= 15 is 0 Å². The predicted octanol–water partition coefficient (Wildman–Crippen LogP) is -3.81. The average Bonchev–Trinajstić information content (AvgIpc) is 0.908. The van der Waals surface area contributed by atoms with Crippen LogP contribution in [0.25, 0.3) is 0 Å². The molecule has 0 aliphatic carbocycles. The van der Waals surface area contributed by atoms with Crippen molar-refractivity contribution in [2.24, 2.45) is 83.2 Å². The maximum Gasteiger partial charge on any atom is 0.302 e. The summed E-state index contributed by atoms with van der Waals surface area (Å²) < 4.78 is 0. The van der Waals surface area contributed by atoms with Gasteiger partial charge in [0.25, 0.3) is 0 Å². The van der Waals surface area contributed by atoms with Crippen LogP contribution in [0.2, 0.25) is 0 Å². The fraction of sp³-hybridized carbons (Fsp3) is 0.492. The third-order valence-electron chi connectivity index (χ3n) is 13.9. The molecule has 0 radical (unpaired) electrons. The van der Waals surface area contributed by atoms with E-state index in [1.807, 2.05) is 13.8 Å². The molecule has 0 unspecified atom stereocenters. The number of carbonyl (C=O) groups is 9. The molecule has 0 bridgehead atoms. The lowest BCUT2D eigenvalue weighted by Gasteiger charge is -2.28. The molecule has 0 aliphatic heterocycles. The number of amides is 9. The number of aliphatic imine (C=N–C) groups is 4. The number of hydrogen-bond acceptors (Lipinski definition) is 19. The Hall–Kier alpha value is -10.0. The monoisotopic (exact) mass is 1380 g/mol. The average molecular weight is 1380 g/mol. The minimum absolute atomic E-state index is 0.00248. The second-order valence-electron chi connectivity index (χ2n) is 22.4. The molecule has 0 spiro atoms. The SMILES string of the molecule is CC(C)C[C@H](N)C(=O)N[C@@H](CCCN=C(N)N)C(=O)N[C@@H](CCCN=C(N)N)C(=O)N[C@@H](CCCN=C(N)N)C(=O)N[C@@H](CCCN=C(N)N)C(=O)N[C@@H](Cc1ccccc1)C(=O)N[C@H](C)C(=O)N[C@@H](Cc1ccccc1)C(=O)N[C@@H](CSSc1ncccc1[N+](=O)[O-])C(N)=O. The molecule has 37 heteroatoms. The summed E-state index contributed by atoms with van der Waals surface area (Å²) in [6.07, 6.45) is 1.45. The van der Waals surface area contributed by atoms with Gasteiger partial charge in [-0.25, -0.2) is 4.98 Å². The lowest BCUT2D eigenvalue weighted by Crippen LogP contribution is -2.60. The van der Waals surface area contributed by atoms with Crippen LogP contribution in [-0.4, -0.2) is 173 Å². The molecule has 0 saturated heterocycles. The standard InChI is InChI=1S/C59H92N24O11S2/c1-33(2)29-37(60)48(86)76-38(19-10-25-71-56(62)63)49(87)77-39(20-11-26-72-57(64)65)50(88)78-40(21-12-27-73-58(66)67)51(89)79-41(22-13-28-74-59(68)69)52(90)81-42(30-35-15-6-4-7-16-35)53(91)75-34(3)47(85)80-43(31-36-17-8-5-9-18-36)54(92)82-44(46(61)84)32-95-96-55-45(83(93)94)23-14-24-70-55/h4-9,14-18,23-24,33-34,37-44H,10-13,19-22,25-32,60H2,1-3H3,(H2,61,84)(H,75,91)(H,76,86)(H,77,87)(H,78,88)(H,79,89)(H,80,85)(H,81,90)(H,82,92)(H4,62,63,71)(H4,64,65,72)(H4,66,67,73)(H4,68,69,74)/t34-,37+,38+,39+,40+,41+,42+,43+,44+/m1/s1. The van der Waals surface area contributed by atoms with Crippen LogP contribution in [-0.2, 0) is 56.0 Å². The van der Waals surface area contributed by atoms with E-state index in [-0.39, 0.29) is 137 Å². The van der Waals surface area contributed by atoms with E-state index < -0.39 is 112 Å². The number of guanidine groups is 4. The topological polar surface area (TPSA) is 616 Å². The molecule has 35 nitrogen and oxygen atoms in total. The molecular formula is C59H92N24O11S2. The highest BCUT2D eigenvalue weighted by Gasteiger charge is 2.35. The first-order valence-electron chi connectivity index (χ1n) is 30.7. The van der Waals surface area contributed by atoms with Crippen LogP contribution in [0.3, 0.4) is 0 Å². The van der Waals surface area contributed by atoms with Gasteiger partial charge in [-0.2, -0.15) is 0 Å². The number of nitrogens with one attached hydrogen (secondary N) is 8. The highest BCUT2D eigenvalue weighted by molar-refractivity contribution is 8.76. The highest BCUT2D eigenvalue weighted by atomic mass is 33.1.